The first-order valence-electron chi connectivity index (χ1n) is 9.87. The van der Waals surface area contributed by atoms with E-state index < -0.39 is 5.63 Å². The molecule has 4 rings (SSSR count). The smallest absolute Gasteiger partial charge is 0.349 e. The van der Waals surface area contributed by atoms with Crippen LogP contribution in [0.3, 0.4) is 0 Å². The van der Waals surface area contributed by atoms with Crippen molar-refractivity contribution in [3.63, 3.8) is 0 Å². The highest BCUT2D eigenvalue weighted by Crippen LogP contribution is 2.27. The van der Waals surface area contributed by atoms with Crippen LogP contribution in [0.1, 0.15) is 51.6 Å². The first-order valence-corrected chi connectivity index (χ1v) is 11.1. The Morgan fingerprint density at radius 2 is 2.14 bits per heavy atom. The highest BCUT2D eigenvalue weighted by atomic mass is 32.2. The topological polar surface area (TPSA) is 62.6 Å². The van der Waals surface area contributed by atoms with Gasteiger partial charge in [-0.2, -0.15) is 0 Å². The number of fused-ring (bicyclic) bond motifs is 1. The Hall–Kier alpha value is -2.05. The molecular formula is C22H26N2O3S. The van der Waals surface area contributed by atoms with E-state index in [2.05, 4.69) is 29.8 Å². The molecule has 0 radical (unpaired) electrons. The molecule has 1 aromatic heterocycles. The number of carbonyl (C=O) groups is 1. The number of rotatable bonds is 3. The molecule has 0 saturated carbocycles. The van der Waals surface area contributed by atoms with E-state index in [-0.39, 0.29) is 17.4 Å². The summed E-state index contributed by atoms with van der Waals surface area (Å²) in [6.07, 6.45) is 4.95. The van der Waals surface area contributed by atoms with Crippen LogP contribution in [0.2, 0.25) is 0 Å². The summed E-state index contributed by atoms with van der Waals surface area (Å²) in [6.45, 7) is 4.82. The second kappa shape index (κ2) is 8.13. The SMILES string of the molecule is CSc1ccc2c(c1)CCN(C(=O)c1c(C)cc(C3CCCNC3)oc1=O)C2. The van der Waals surface area contributed by atoms with Crippen LogP contribution in [0.25, 0.3) is 0 Å². The minimum absolute atomic E-state index is 0.178. The maximum atomic E-state index is 13.1. The Morgan fingerprint density at radius 3 is 2.86 bits per heavy atom. The van der Waals surface area contributed by atoms with Gasteiger partial charge in [0.1, 0.15) is 11.3 Å². The molecule has 1 aromatic carbocycles. The van der Waals surface area contributed by atoms with E-state index >= 15 is 0 Å². The third kappa shape index (κ3) is 3.76. The molecule has 28 heavy (non-hydrogen) atoms. The quantitative estimate of drug-likeness (QED) is 0.804. The molecule has 3 heterocycles. The van der Waals surface area contributed by atoms with Gasteiger partial charge in [0.2, 0.25) is 0 Å². The summed E-state index contributed by atoms with van der Waals surface area (Å²) in [5, 5.41) is 3.34. The van der Waals surface area contributed by atoms with Crippen molar-refractivity contribution in [1.29, 1.82) is 0 Å². The lowest BCUT2D eigenvalue weighted by Gasteiger charge is -2.29. The third-order valence-electron chi connectivity index (χ3n) is 5.79. The summed E-state index contributed by atoms with van der Waals surface area (Å²) in [5.74, 6) is 0.677. The maximum absolute atomic E-state index is 13.1. The average molecular weight is 399 g/mol. The van der Waals surface area contributed by atoms with E-state index in [0.29, 0.717) is 24.4 Å². The molecule has 1 N–H and O–H groups in total. The van der Waals surface area contributed by atoms with Gasteiger partial charge in [0, 0.05) is 30.4 Å². The van der Waals surface area contributed by atoms with Crippen LogP contribution < -0.4 is 10.9 Å². The van der Waals surface area contributed by atoms with E-state index in [0.717, 1.165) is 37.9 Å². The molecular weight excluding hydrogens is 372 g/mol. The fourth-order valence-electron chi connectivity index (χ4n) is 4.17. The molecule has 1 atom stereocenters. The number of piperidine rings is 1. The Bertz CT molecular complexity index is 947. The largest absolute Gasteiger partial charge is 0.427 e. The molecule has 2 aliphatic rings. The predicted molar refractivity (Wildman–Crippen MR) is 111 cm³/mol. The van der Waals surface area contributed by atoms with Crippen LogP contribution in [-0.4, -0.2) is 36.7 Å². The molecule has 6 heteroatoms. The summed E-state index contributed by atoms with van der Waals surface area (Å²) in [5.41, 5.74) is 2.83. The van der Waals surface area contributed by atoms with Gasteiger partial charge in [0.25, 0.3) is 5.91 Å². The van der Waals surface area contributed by atoms with Crippen LogP contribution in [0, 0.1) is 6.92 Å². The lowest BCUT2D eigenvalue weighted by atomic mass is 9.95. The predicted octanol–water partition coefficient (Wildman–Crippen LogP) is 3.34. The van der Waals surface area contributed by atoms with Gasteiger partial charge >= 0.3 is 5.63 Å². The van der Waals surface area contributed by atoms with Crippen LogP contribution >= 0.6 is 11.8 Å². The molecule has 0 aliphatic carbocycles. The lowest BCUT2D eigenvalue weighted by molar-refractivity contribution is 0.0728. The van der Waals surface area contributed by atoms with Crippen molar-refractivity contribution in [2.24, 2.45) is 0 Å². The zero-order chi connectivity index (χ0) is 19.7. The molecule has 1 amide bonds. The van der Waals surface area contributed by atoms with Crippen LogP contribution in [0.4, 0.5) is 0 Å². The van der Waals surface area contributed by atoms with Crippen molar-refractivity contribution in [2.45, 2.75) is 43.5 Å². The van der Waals surface area contributed by atoms with Crippen LogP contribution in [-0.2, 0) is 13.0 Å². The van der Waals surface area contributed by atoms with Crippen molar-refractivity contribution < 1.29 is 9.21 Å². The monoisotopic (exact) mass is 398 g/mol. The van der Waals surface area contributed by atoms with Crippen molar-refractivity contribution in [3.8, 4) is 0 Å². The first kappa shape index (κ1) is 19.3. The average Bonchev–Trinajstić information content (AvgIpc) is 2.73. The minimum Gasteiger partial charge on any atom is -0.427 e. The van der Waals surface area contributed by atoms with Crippen molar-refractivity contribution in [2.75, 3.05) is 25.9 Å². The second-order valence-corrected chi connectivity index (χ2v) is 8.53. The van der Waals surface area contributed by atoms with E-state index in [4.69, 9.17) is 4.42 Å². The highest BCUT2D eigenvalue weighted by molar-refractivity contribution is 7.98. The number of nitrogens with one attached hydrogen (secondary N) is 1. The molecule has 5 nitrogen and oxygen atoms in total. The van der Waals surface area contributed by atoms with E-state index in [1.54, 1.807) is 16.7 Å². The Labute approximate surface area is 169 Å². The molecule has 0 spiro atoms. The van der Waals surface area contributed by atoms with E-state index in [1.807, 2.05) is 13.0 Å². The van der Waals surface area contributed by atoms with Gasteiger partial charge in [-0.05, 0) is 73.9 Å². The summed E-state index contributed by atoms with van der Waals surface area (Å²) >= 11 is 1.72. The van der Waals surface area contributed by atoms with Crippen LogP contribution in [0.5, 0.6) is 0 Å². The summed E-state index contributed by atoms with van der Waals surface area (Å²) in [4.78, 5) is 28.8. The standard InChI is InChI=1S/C22H26N2O3S/c1-14-10-19(16-4-3-8-23-12-16)27-22(26)20(14)21(25)24-9-7-15-11-18(28-2)6-5-17(15)13-24/h5-6,10-11,16,23H,3-4,7-9,12-13H2,1-2H3. The number of nitrogens with zero attached hydrogens (tertiary/aromatic N) is 1. The van der Waals surface area contributed by atoms with Gasteiger partial charge in [-0.3, -0.25) is 4.79 Å². The molecule has 0 bridgehead atoms. The zero-order valence-corrected chi connectivity index (χ0v) is 17.2. The molecule has 1 saturated heterocycles. The number of amides is 1. The number of aryl methyl sites for hydroxylation is 1. The second-order valence-electron chi connectivity index (χ2n) is 7.65. The van der Waals surface area contributed by atoms with E-state index in [9.17, 15) is 9.59 Å². The number of hydrogen-bond acceptors (Lipinski definition) is 5. The van der Waals surface area contributed by atoms with Gasteiger partial charge in [-0.1, -0.05) is 6.07 Å². The van der Waals surface area contributed by atoms with Crippen molar-refractivity contribution in [3.05, 3.63) is 62.7 Å². The first-order chi connectivity index (χ1) is 13.6. The van der Waals surface area contributed by atoms with Crippen molar-refractivity contribution >= 4 is 17.7 Å². The van der Waals surface area contributed by atoms with Gasteiger partial charge in [-0.25, -0.2) is 4.79 Å². The summed E-state index contributed by atoms with van der Waals surface area (Å²) in [7, 11) is 0. The molecule has 2 aliphatic heterocycles. The Kier molecular flexibility index (Phi) is 5.60. The fraction of sp³-hybridized carbons (Fsp3) is 0.455. The molecule has 2 aromatic rings. The van der Waals surface area contributed by atoms with Crippen molar-refractivity contribution in [1.82, 2.24) is 10.2 Å². The summed E-state index contributed by atoms with van der Waals surface area (Å²) in [6, 6.07) is 8.27. The number of hydrogen-bond donors (Lipinski definition) is 1. The number of carbonyl (C=O) groups excluding carboxylic acids is 1. The minimum atomic E-state index is -0.505. The van der Waals surface area contributed by atoms with Gasteiger partial charge < -0.3 is 14.6 Å². The zero-order valence-electron chi connectivity index (χ0n) is 16.4. The lowest BCUT2D eigenvalue weighted by Crippen LogP contribution is -2.38. The normalized spacial score (nSPS) is 19.4. The van der Waals surface area contributed by atoms with Crippen LogP contribution in [0.15, 0.2) is 38.4 Å². The van der Waals surface area contributed by atoms with Gasteiger partial charge in [0.15, 0.2) is 0 Å². The van der Waals surface area contributed by atoms with E-state index in [1.165, 1.54) is 10.5 Å². The van der Waals surface area contributed by atoms with Gasteiger partial charge in [0.05, 0.1) is 0 Å². The number of thioether (sulfide) groups is 1. The molecule has 148 valence electrons. The Balaban J connectivity index is 1.57. The summed E-state index contributed by atoms with van der Waals surface area (Å²) < 4.78 is 5.59. The Morgan fingerprint density at radius 1 is 1.29 bits per heavy atom. The molecule has 1 fully saturated rings. The third-order valence-corrected chi connectivity index (χ3v) is 6.52. The molecule has 1 unspecified atom stereocenters. The van der Waals surface area contributed by atoms with Gasteiger partial charge in [-0.15, -0.1) is 11.8 Å². The fourth-order valence-corrected chi connectivity index (χ4v) is 4.64. The number of benzene rings is 1. The maximum Gasteiger partial charge on any atom is 0.349 e. The highest BCUT2D eigenvalue weighted by Gasteiger charge is 2.27.